The second kappa shape index (κ2) is 6.07. The van der Waals surface area contributed by atoms with Gasteiger partial charge in [0.05, 0.1) is 16.3 Å². The highest BCUT2D eigenvalue weighted by Crippen LogP contribution is 2.39. The molecule has 1 aliphatic heterocycles. The van der Waals surface area contributed by atoms with Crippen molar-refractivity contribution in [3.8, 4) is 0 Å². The van der Waals surface area contributed by atoms with Crippen molar-refractivity contribution >= 4 is 17.8 Å². The van der Waals surface area contributed by atoms with Crippen LogP contribution < -0.4 is 5.32 Å². The molecule has 8 heteroatoms. The lowest BCUT2D eigenvalue weighted by atomic mass is 9.89. The number of nitro groups is 1. The van der Waals surface area contributed by atoms with Crippen molar-refractivity contribution in [2.75, 3.05) is 0 Å². The van der Waals surface area contributed by atoms with Crippen LogP contribution in [-0.2, 0) is 4.74 Å². The van der Waals surface area contributed by atoms with E-state index in [-0.39, 0.29) is 11.5 Å². The van der Waals surface area contributed by atoms with Gasteiger partial charge in [-0.25, -0.2) is 4.79 Å². The lowest BCUT2D eigenvalue weighted by Crippen LogP contribution is -2.29. The minimum absolute atomic E-state index is 0.0351. The molecule has 1 aromatic rings. The maximum absolute atomic E-state index is 11.4. The number of nitrogens with one attached hydrogen (secondary N) is 1. The maximum atomic E-state index is 11.4. The Morgan fingerprint density at radius 2 is 2.09 bits per heavy atom. The van der Waals surface area contributed by atoms with Crippen LogP contribution in [0.2, 0.25) is 5.02 Å². The van der Waals surface area contributed by atoms with Crippen molar-refractivity contribution in [3.05, 3.63) is 67.8 Å². The first-order valence-corrected chi connectivity index (χ1v) is 6.68. The Morgan fingerprint density at radius 3 is 2.64 bits per heavy atom. The Labute approximate surface area is 131 Å². The summed E-state index contributed by atoms with van der Waals surface area (Å²) in [6.45, 7) is 3.15. The number of hydrogen-bond donors (Lipinski definition) is 2. The fourth-order valence-corrected chi connectivity index (χ4v) is 2.63. The molecule has 7 nitrogen and oxygen atoms in total. The summed E-state index contributed by atoms with van der Waals surface area (Å²) < 4.78 is 4.79. The van der Waals surface area contributed by atoms with Gasteiger partial charge in [0.2, 0.25) is 0 Å². The summed E-state index contributed by atoms with van der Waals surface area (Å²) in [6, 6.07) is 6.45. The van der Waals surface area contributed by atoms with E-state index < -0.39 is 17.0 Å². The van der Waals surface area contributed by atoms with E-state index in [1.807, 2.05) is 0 Å². The fourth-order valence-electron chi connectivity index (χ4n) is 2.43. The Balaban J connectivity index is 2.64. The molecule has 22 heavy (non-hydrogen) atoms. The molecule has 0 radical (unpaired) electrons. The number of allylic oxidation sites excluding steroid dienone is 2. The molecule has 0 saturated carbocycles. The van der Waals surface area contributed by atoms with Gasteiger partial charge in [0.15, 0.2) is 0 Å². The zero-order valence-electron chi connectivity index (χ0n) is 11.8. The van der Waals surface area contributed by atoms with Gasteiger partial charge in [0.25, 0.3) is 5.70 Å². The van der Waals surface area contributed by atoms with Crippen LogP contribution in [0.3, 0.4) is 0 Å². The Kier molecular flexibility index (Phi) is 4.37. The molecule has 2 rings (SSSR count). The monoisotopic (exact) mass is 324 g/mol. The number of ether oxygens (including phenoxy) is 1. The first-order valence-electron chi connectivity index (χ1n) is 6.30. The number of carbonyl (C=O) groups is 1. The Bertz CT molecular complexity index is 711. The first kappa shape index (κ1) is 15.8. The maximum Gasteiger partial charge on any atom is 0.511 e. The van der Waals surface area contributed by atoms with E-state index in [9.17, 15) is 14.9 Å². The second-order valence-corrected chi connectivity index (χ2v) is 5.17. The Hall–Kier alpha value is -2.54. The molecule has 0 saturated heterocycles. The molecule has 1 aliphatic rings. The van der Waals surface area contributed by atoms with Gasteiger partial charge in [-0.3, -0.25) is 10.1 Å². The van der Waals surface area contributed by atoms with Crippen LogP contribution in [-0.4, -0.2) is 16.2 Å². The summed E-state index contributed by atoms with van der Waals surface area (Å²) in [7, 11) is 0. The number of rotatable bonds is 3. The van der Waals surface area contributed by atoms with Crippen LogP contribution in [0.4, 0.5) is 4.79 Å². The van der Waals surface area contributed by atoms with Crippen molar-refractivity contribution in [1.82, 2.24) is 5.32 Å². The molecule has 0 spiro atoms. The molecule has 0 aliphatic carbocycles. The molecule has 0 amide bonds. The standard InChI is InChI=1S/C14H13ClN2O5/c1-7-12(17(20)21)11(9-4-3-5-10(15)6-9)13(8(2)16-7)22-14(18)19/h3-6,11,16H,1-2H3,(H,18,19). The van der Waals surface area contributed by atoms with Crippen molar-refractivity contribution in [3.63, 3.8) is 0 Å². The number of halogens is 1. The van der Waals surface area contributed by atoms with Gasteiger partial charge < -0.3 is 15.2 Å². The summed E-state index contributed by atoms with van der Waals surface area (Å²) in [6.07, 6.45) is -1.54. The second-order valence-electron chi connectivity index (χ2n) is 4.74. The van der Waals surface area contributed by atoms with Gasteiger partial charge in [0.1, 0.15) is 11.7 Å². The van der Waals surface area contributed by atoms with Crippen LogP contribution in [0, 0.1) is 10.1 Å². The summed E-state index contributed by atoms with van der Waals surface area (Å²) in [4.78, 5) is 21.8. The van der Waals surface area contributed by atoms with Gasteiger partial charge in [-0.1, -0.05) is 23.7 Å². The van der Waals surface area contributed by atoms with E-state index in [2.05, 4.69) is 5.32 Å². The van der Waals surface area contributed by atoms with Crippen molar-refractivity contribution in [2.45, 2.75) is 19.8 Å². The number of hydrogen-bond acceptors (Lipinski definition) is 5. The summed E-state index contributed by atoms with van der Waals surface area (Å²) in [5.74, 6) is -0.988. The van der Waals surface area contributed by atoms with Crippen LogP contribution in [0.15, 0.2) is 47.1 Å². The zero-order chi connectivity index (χ0) is 16.4. The highest BCUT2D eigenvalue weighted by Gasteiger charge is 2.39. The number of carboxylic acid groups (broad SMARTS) is 1. The van der Waals surface area contributed by atoms with E-state index in [1.165, 1.54) is 0 Å². The van der Waals surface area contributed by atoms with E-state index in [0.717, 1.165) is 0 Å². The van der Waals surface area contributed by atoms with E-state index in [0.29, 0.717) is 22.0 Å². The highest BCUT2D eigenvalue weighted by atomic mass is 35.5. The smallest absolute Gasteiger partial charge is 0.449 e. The SMILES string of the molecule is CC1=C(OC(=O)O)C(c2cccc(Cl)c2)C([N+](=O)[O-])=C(C)N1. The van der Waals surface area contributed by atoms with Crippen molar-refractivity contribution in [1.29, 1.82) is 0 Å². The van der Waals surface area contributed by atoms with E-state index in [1.54, 1.807) is 38.1 Å². The molecular formula is C14H13ClN2O5. The molecule has 1 unspecified atom stereocenters. The molecule has 2 N–H and O–H groups in total. The topological polar surface area (TPSA) is 102 Å². The molecule has 1 aromatic carbocycles. The van der Waals surface area contributed by atoms with E-state index >= 15 is 0 Å². The lowest BCUT2D eigenvalue weighted by molar-refractivity contribution is -0.431. The van der Waals surface area contributed by atoms with Gasteiger partial charge >= 0.3 is 6.16 Å². The fraction of sp³-hybridized carbons (Fsp3) is 0.214. The minimum Gasteiger partial charge on any atom is -0.449 e. The molecular weight excluding hydrogens is 312 g/mol. The molecule has 116 valence electrons. The predicted octanol–water partition coefficient (Wildman–Crippen LogP) is 3.46. The van der Waals surface area contributed by atoms with Gasteiger partial charge in [-0.2, -0.15) is 0 Å². The summed E-state index contributed by atoms with van der Waals surface area (Å²) in [5.41, 5.74) is 1.03. The lowest BCUT2D eigenvalue weighted by Gasteiger charge is -2.26. The van der Waals surface area contributed by atoms with Crippen LogP contribution in [0.5, 0.6) is 0 Å². The third-order valence-corrected chi connectivity index (χ3v) is 3.48. The average Bonchev–Trinajstić information content (AvgIpc) is 2.40. The quantitative estimate of drug-likeness (QED) is 0.501. The van der Waals surface area contributed by atoms with Crippen molar-refractivity contribution in [2.24, 2.45) is 0 Å². The molecule has 0 aromatic heterocycles. The minimum atomic E-state index is -1.54. The molecule has 1 atom stereocenters. The van der Waals surface area contributed by atoms with Gasteiger partial charge in [-0.15, -0.1) is 0 Å². The summed E-state index contributed by atoms with van der Waals surface area (Å²) in [5, 5.41) is 23.5. The number of dihydropyridines is 1. The van der Waals surface area contributed by atoms with Crippen LogP contribution in [0.25, 0.3) is 0 Å². The summed E-state index contributed by atoms with van der Waals surface area (Å²) >= 11 is 5.94. The third kappa shape index (κ3) is 3.04. The average molecular weight is 325 g/mol. The molecule has 0 bridgehead atoms. The molecule has 0 fully saturated rings. The highest BCUT2D eigenvalue weighted by molar-refractivity contribution is 6.30. The van der Waals surface area contributed by atoms with Crippen LogP contribution in [0.1, 0.15) is 25.3 Å². The normalized spacial score (nSPS) is 18.0. The number of nitrogens with zero attached hydrogens (tertiary/aromatic N) is 1. The van der Waals surface area contributed by atoms with E-state index in [4.69, 9.17) is 21.4 Å². The van der Waals surface area contributed by atoms with Gasteiger partial charge in [-0.05, 0) is 31.5 Å². The van der Waals surface area contributed by atoms with Crippen LogP contribution >= 0.6 is 11.6 Å². The largest absolute Gasteiger partial charge is 0.511 e. The Morgan fingerprint density at radius 1 is 1.41 bits per heavy atom. The zero-order valence-corrected chi connectivity index (χ0v) is 12.5. The third-order valence-electron chi connectivity index (χ3n) is 3.24. The first-order chi connectivity index (χ1) is 10.3. The number of benzene rings is 1. The molecule has 1 heterocycles. The van der Waals surface area contributed by atoms with Crippen molar-refractivity contribution < 1.29 is 19.6 Å². The predicted molar refractivity (Wildman–Crippen MR) is 78.8 cm³/mol. The van der Waals surface area contributed by atoms with Gasteiger partial charge in [0, 0.05) is 5.02 Å².